The zero-order chi connectivity index (χ0) is 26.2. The number of amides is 2. The predicted molar refractivity (Wildman–Crippen MR) is 145 cm³/mol. The highest BCUT2D eigenvalue weighted by molar-refractivity contribution is 5.94. The summed E-state index contributed by atoms with van der Waals surface area (Å²) in [5.41, 5.74) is 3.40. The quantitative estimate of drug-likeness (QED) is 0.260. The first kappa shape index (κ1) is 25.1. The van der Waals surface area contributed by atoms with Crippen molar-refractivity contribution < 1.29 is 19.1 Å². The van der Waals surface area contributed by atoms with Crippen LogP contribution in [0, 0.1) is 5.92 Å². The van der Waals surface area contributed by atoms with Crippen molar-refractivity contribution >= 4 is 17.6 Å². The molecule has 0 radical (unpaired) electrons. The van der Waals surface area contributed by atoms with Crippen molar-refractivity contribution in [1.29, 1.82) is 0 Å². The number of carbonyl (C=O) groups excluding carboxylic acids is 2. The van der Waals surface area contributed by atoms with Gasteiger partial charge >= 0.3 is 6.03 Å². The van der Waals surface area contributed by atoms with E-state index in [4.69, 9.17) is 9.47 Å². The van der Waals surface area contributed by atoms with Gasteiger partial charge in [0.15, 0.2) is 0 Å². The Bertz CT molecular complexity index is 1350. The van der Waals surface area contributed by atoms with Gasteiger partial charge in [-0.1, -0.05) is 30.3 Å². The van der Waals surface area contributed by atoms with Crippen LogP contribution in [0.4, 0.5) is 10.5 Å². The molecule has 0 bridgehead atoms. The van der Waals surface area contributed by atoms with E-state index in [1.165, 1.54) is 10.9 Å². The van der Waals surface area contributed by atoms with Crippen LogP contribution in [0.15, 0.2) is 91.4 Å². The van der Waals surface area contributed by atoms with Crippen LogP contribution in [-0.2, 0) is 11.4 Å². The van der Waals surface area contributed by atoms with Crippen LogP contribution >= 0.6 is 0 Å². The fourth-order valence-electron chi connectivity index (χ4n) is 3.81. The van der Waals surface area contributed by atoms with E-state index in [9.17, 15) is 9.59 Å². The second kappa shape index (κ2) is 12.1. The SMILES string of the molecule is O=C(Nc1ccc(COc2ccc(-c3cn(C(=O)NCCCOc4ccccc4)cn3)cc2)cc1)C1CC1. The fraction of sp³-hybridized carbons (Fsp3) is 0.233. The number of para-hydroxylation sites is 1. The van der Waals surface area contributed by atoms with Gasteiger partial charge in [-0.05, 0) is 73.4 Å². The highest BCUT2D eigenvalue weighted by atomic mass is 16.5. The smallest absolute Gasteiger partial charge is 0.326 e. The van der Waals surface area contributed by atoms with Gasteiger partial charge in [-0.25, -0.2) is 9.78 Å². The molecule has 4 aromatic rings. The molecule has 8 nitrogen and oxygen atoms in total. The van der Waals surface area contributed by atoms with Crippen molar-refractivity contribution in [3.8, 4) is 22.8 Å². The molecule has 1 heterocycles. The molecule has 1 aromatic heterocycles. The summed E-state index contributed by atoms with van der Waals surface area (Å²) >= 11 is 0. The summed E-state index contributed by atoms with van der Waals surface area (Å²) in [7, 11) is 0. The van der Waals surface area contributed by atoms with E-state index >= 15 is 0 Å². The molecule has 1 fully saturated rings. The van der Waals surface area contributed by atoms with Gasteiger partial charge in [-0.2, -0.15) is 0 Å². The summed E-state index contributed by atoms with van der Waals surface area (Å²) in [6.45, 7) is 1.45. The molecule has 2 amide bonds. The number of hydrogen-bond acceptors (Lipinski definition) is 5. The highest BCUT2D eigenvalue weighted by Crippen LogP contribution is 2.30. The van der Waals surface area contributed by atoms with E-state index in [0.29, 0.717) is 31.9 Å². The van der Waals surface area contributed by atoms with Gasteiger partial charge in [0.25, 0.3) is 0 Å². The molecular formula is C30H30N4O4. The van der Waals surface area contributed by atoms with Gasteiger partial charge in [0, 0.05) is 29.9 Å². The maximum absolute atomic E-state index is 12.4. The largest absolute Gasteiger partial charge is 0.494 e. The third-order valence-electron chi connectivity index (χ3n) is 6.15. The van der Waals surface area contributed by atoms with E-state index in [0.717, 1.165) is 41.2 Å². The zero-order valence-corrected chi connectivity index (χ0v) is 21.0. The Morgan fingerprint density at radius 3 is 2.37 bits per heavy atom. The van der Waals surface area contributed by atoms with Crippen LogP contribution < -0.4 is 20.1 Å². The lowest BCUT2D eigenvalue weighted by Gasteiger charge is -2.09. The van der Waals surface area contributed by atoms with Gasteiger partial charge in [0.2, 0.25) is 5.91 Å². The normalized spacial score (nSPS) is 12.5. The van der Waals surface area contributed by atoms with Crippen molar-refractivity contribution in [2.75, 3.05) is 18.5 Å². The van der Waals surface area contributed by atoms with Crippen LogP contribution in [0.1, 0.15) is 24.8 Å². The van der Waals surface area contributed by atoms with Crippen molar-refractivity contribution in [2.24, 2.45) is 5.92 Å². The molecule has 0 atom stereocenters. The number of hydrogen-bond donors (Lipinski definition) is 2. The third kappa shape index (κ3) is 7.00. The van der Waals surface area contributed by atoms with Gasteiger partial charge in [-0.3, -0.25) is 9.36 Å². The number of nitrogens with zero attached hydrogens (tertiary/aromatic N) is 2. The lowest BCUT2D eigenvalue weighted by atomic mass is 10.1. The number of nitrogens with one attached hydrogen (secondary N) is 2. The van der Waals surface area contributed by atoms with Crippen LogP contribution in [0.25, 0.3) is 11.3 Å². The fourth-order valence-corrected chi connectivity index (χ4v) is 3.81. The first-order valence-electron chi connectivity index (χ1n) is 12.8. The summed E-state index contributed by atoms with van der Waals surface area (Å²) in [5, 5.41) is 5.81. The van der Waals surface area contributed by atoms with E-state index < -0.39 is 0 Å². The number of anilines is 1. The summed E-state index contributed by atoms with van der Waals surface area (Å²) in [4.78, 5) is 28.7. The Kier molecular flexibility index (Phi) is 7.98. The predicted octanol–water partition coefficient (Wildman–Crippen LogP) is 5.50. The molecule has 1 saturated carbocycles. The Morgan fingerprint density at radius 2 is 1.63 bits per heavy atom. The number of carbonyl (C=O) groups is 2. The van der Waals surface area contributed by atoms with Crippen LogP contribution in [0.5, 0.6) is 11.5 Å². The lowest BCUT2D eigenvalue weighted by molar-refractivity contribution is -0.117. The summed E-state index contributed by atoms with van der Waals surface area (Å²) < 4.78 is 13.0. The lowest BCUT2D eigenvalue weighted by Crippen LogP contribution is -2.29. The molecule has 194 valence electrons. The van der Waals surface area contributed by atoms with E-state index in [2.05, 4.69) is 15.6 Å². The molecule has 0 aliphatic heterocycles. The van der Waals surface area contributed by atoms with Gasteiger partial charge in [-0.15, -0.1) is 0 Å². The molecule has 1 aliphatic rings. The molecule has 1 aliphatic carbocycles. The topological polar surface area (TPSA) is 94.5 Å². The second-order valence-corrected chi connectivity index (χ2v) is 9.19. The Labute approximate surface area is 221 Å². The number of aromatic nitrogens is 2. The molecule has 0 unspecified atom stereocenters. The van der Waals surface area contributed by atoms with Crippen molar-refractivity contribution in [3.63, 3.8) is 0 Å². The summed E-state index contributed by atoms with van der Waals surface area (Å²) in [6.07, 6.45) is 5.88. The van der Waals surface area contributed by atoms with Gasteiger partial charge < -0.3 is 20.1 Å². The standard InChI is InChI=1S/C30H30N4O4/c35-29(24-9-10-24)33-25-13-7-22(8-14-25)20-38-27-15-11-23(12-16-27)28-19-34(21-32-28)30(36)31-17-4-18-37-26-5-2-1-3-6-26/h1-3,5-8,11-16,19,21,24H,4,9-10,17-18,20H2,(H,31,36)(H,33,35). The third-order valence-corrected chi connectivity index (χ3v) is 6.15. The maximum Gasteiger partial charge on any atom is 0.326 e. The van der Waals surface area contributed by atoms with Gasteiger partial charge in [0.1, 0.15) is 24.4 Å². The second-order valence-electron chi connectivity index (χ2n) is 9.19. The number of imidazole rings is 1. The molecule has 8 heteroatoms. The Hall–Kier alpha value is -4.59. The first-order valence-corrected chi connectivity index (χ1v) is 12.8. The Morgan fingerprint density at radius 1 is 0.895 bits per heavy atom. The first-order chi connectivity index (χ1) is 18.6. The number of rotatable bonds is 11. The van der Waals surface area contributed by atoms with Crippen LogP contribution in [0.2, 0.25) is 0 Å². The van der Waals surface area contributed by atoms with Gasteiger partial charge in [0.05, 0.1) is 12.3 Å². The molecule has 0 saturated heterocycles. The molecule has 38 heavy (non-hydrogen) atoms. The summed E-state index contributed by atoms with van der Waals surface area (Å²) in [5.74, 6) is 1.83. The van der Waals surface area contributed by atoms with Crippen molar-refractivity contribution in [2.45, 2.75) is 25.9 Å². The number of benzene rings is 3. The van der Waals surface area contributed by atoms with Crippen molar-refractivity contribution in [1.82, 2.24) is 14.9 Å². The average molecular weight is 511 g/mol. The van der Waals surface area contributed by atoms with E-state index in [1.54, 1.807) is 6.20 Å². The molecule has 2 N–H and O–H groups in total. The minimum Gasteiger partial charge on any atom is -0.494 e. The Balaban J connectivity index is 1.05. The van der Waals surface area contributed by atoms with Crippen molar-refractivity contribution in [3.05, 3.63) is 97.0 Å². The molecule has 3 aromatic carbocycles. The minimum absolute atomic E-state index is 0.101. The highest BCUT2D eigenvalue weighted by Gasteiger charge is 2.29. The monoisotopic (exact) mass is 510 g/mol. The maximum atomic E-state index is 12.4. The molecule has 0 spiro atoms. The molecular weight excluding hydrogens is 480 g/mol. The van der Waals surface area contributed by atoms with E-state index in [1.807, 2.05) is 78.9 Å². The summed E-state index contributed by atoms with van der Waals surface area (Å²) in [6, 6.07) is 24.6. The molecule has 5 rings (SSSR count). The minimum atomic E-state index is -0.235. The number of ether oxygens (including phenoxy) is 2. The average Bonchev–Trinajstić information content (AvgIpc) is 3.70. The van der Waals surface area contributed by atoms with E-state index in [-0.39, 0.29) is 17.9 Å². The zero-order valence-electron chi connectivity index (χ0n) is 21.0. The van der Waals surface area contributed by atoms with Crippen LogP contribution in [0.3, 0.4) is 0 Å². The van der Waals surface area contributed by atoms with Crippen LogP contribution in [-0.4, -0.2) is 34.6 Å².